The lowest BCUT2D eigenvalue weighted by molar-refractivity contribution is -0.121. The van der Waals surface area contributed by atoms with Crippen LogP contribution in [-0.2, 0) is 17.9 Å². The van der Waals surface area contributed by atoms with Gasteiger partial charge in [-0.15, -0.1) is 22.7 Å². The summed E-state index contributed by atoms with van der Waals surface area (Å²) in [5, 5.41) is 9.14. The molecule has 2 heterocycles. The van der Waals surface area contributed by atoms with Crippen LogP contribution in [0.4, 0.5) is 4.79 Å². The first-order valence-electron chi connectivity index (χ1n) is 7.87. The van der Waals surface area contributed by atoms with E-state index in [1.54, 1.807) is 22.7 Å². The maximum Gasteiger partial charge on any atom is 0.321 e. The molecule has 2 rings (SSSR count). The van der Waals surface area contributed by atoms with Gasteiger partial charge in [0.15, 0.2) is 0 Å². The second-order valence-corrected chi connectivity index (χ2v) is 8.02. The zero-order valence-electron chi connectivity index (χ0n) is 14.0. The van der Waals surface area contributed by atoms with Gasteiger partial charge in [-0.3, -0.25) is 15.0 Å². The Morgan fingerprint density at radius 2 is 1.67 bits per heavy atom. The van der Waals surface area contributed by atoms with E-state index in [1.807, 2.05) is 41.6 Å². The molecule has 0 fully saturated rings. The first-order valence-corrected chi connectivity index (χ1v) is 9.63. The van der Waals surface area contributed by atoms with Crippen LogP contribution in [0.1, 0.15) is 23.6 Å². The first-order chi connectivity index (χ1) is 11.5. The zero-order chi connectivity index (χ0) is 17.4. The maximum absolute atomic E-state index is 12.2. The van der Waals surface area contributed by atoms with Crippen LogP contribution in [0.2, 0.25) is 0 Å². The molecule has 24 heavy (non-hydrogen) atoms. The molecule has 3 amide bonds. The third-order valence-corrected chi connectivity index (χ3v) is 4.93. The number of nitrogens with one attached hydrogen (secondary N) is 2. The minimum absolute atomic E-state index is 0.185. The largest absolute Gasteiger partial charge is 0.338 e. The molecule has 0 aromatic carbocycles. The van der Waals surface area contributed by atoms with Gasteiger partial charge in [0.1, 0.15) is 0 Å². The molecule has 0 radical (unpaired) electrons. The Balaban J connectivity index is 1.89. The molecule has 0 bridgehead atoms. The van der Waals surface area contributed by atoms with Gasteiger partial charge in [0, 0.05) is 29.4 Å². The fourth-order valence-electron chi connectivity index (χ4n) is 2.12. The van der Waals surface area contributed by atoms with Crippen LogP contribution >= 0.6 is 22.7 Å². The van der Waals surface area contributed by atoms with E-state index in [2.05, 4.69) is 22.8 Å². The molecule has 0 saturated carbocycles. The number of thiophene rings is 2. The lowest BCUT2D eigenvalue weighted by atomic mass is 10.2. The Hall–Kier alpha value is -1.70. The van der Waals surface area contributed by atoms with Crippen LogP contribution in [0, 0.1) is 5.92 Å². The SMILES string of the molecule is CC(C)CNC(=O)NC(=O)CN(Cc1cccs1)Cc1cccs1. The monoisotopic (exact) mass is 365 g/mol. The van der Waals surface area contributed by atoms with E-state index in [9.17, 15) is 9.59 Å². The number of hydrogen-bond acceptors (Lipinski definition) is 5. The van der Waals surface area contributed by atoms with Gasteiger partial charge in [-0.25, -0.2) is 4.79 Å². The molecule has 0 atom stereocenters. The summed E-state index contributed by atoms with van der Waals surface area (Å²) < 4.78 is 0. The van der Waals surface area contributed by atoms with E-state index >= 15 is 0 Å². The van der Waals surface area contributed by atoms with Gasteiger partial charge in [0.25, 0.3) is 0 Å². The Morgan fingerprint density at radius 3 is 2.12 bits per heavy atom. The lowest BCUT2D eigenvalue weighted by Crippen LogP contribution is -2.45. The molecule has 2 N–H and O–H groups in total. The van der Waals surface area contributed by atoms with E-state index < -0.39 is 6.03 Å². The van der Waals surface area contributed by atoms with E-state index in [4.69, 9.17) is 0 Å². The number of carbonyl (C=O) groups is 2. The first kappa shape index (κ1) is 18.6. The van der Waals surface area contributed by atoms with Gasteiger partial charge in [-0.05, 0) is 28.8 Å². The standard InChI is InChI=1S/C17H23N3O2S2/c1-13(2)9-18-17(22)19-16(21)12-20(10-14-5-3-7-23-14)11-15-6-4-8-24-15/h3-8,13H,9-12H2,1-2H3,(H2,18,19,21,22). The molecule has 0 unspecified atom stereocenters. The maximum atomic E-state index is 12.2. The van der Waals surface area contributed by atoms with Crippen LogP contribution in [0.15, 0.2) is 35.0 Å². The van der Waals surface area contributed by atoms with Crippen LogP contribution < -0.4 is 10.6 Å². The summed E-state index contributed by atoms with van der Waals surface area (Å²) in [5.74, 6) is 0.0596. The summed E-state index contributed by atoms with van der Waals surface area (Å²) in [5.41, 5.74) is 0. The van der Waals surface area contributed by atoms with E-state index in [-0.39, 0.29) is 12.5 Å². The van der Waals surface area contributed by atoms with Crippen molar-refractivity contribution in [2.45, 2.75) is 26.9 Å². The highest BCUT2D eigenvalue weighted by atomic mass is 32.1. The normalized spacial score (nSPS) is 11.0. The average molecular weight is 366 g/mol. The number of imide groups is 1. The quantitative estimate of drug-likeness (QED) is 0.755. The summed E-state index contributed by atoms with van der Waals surface area (Å²) in [6, 6.07) is 7.69. The number of rotatable bonds is 8. The van der Waals surface area contributed by atoms with Crippen molar-refractivity contribution in [1.82, 2.24) is 15.5 Å². The summed E-state index contributed by atoms with van der Waals surface area (Å²) in [6.45, 7) is 6.13. The second kappa shape index (κ2) is 9.56. The minimum atomic E-state index is -0.430. The molecule has 0 saturated heterocycles. The molecule has 2 aromatic heterocycles. The van der Waals surface area contributed by atoms with Crippen LogP contribution in [-0.4, -0.2) is 29.9 Å². The topological polar surface area (TPSA) is 61.4 Å². The molecule has 7 heteroatoms. The van der Waals surface area contributed by atoms with Crippen molar-refractivity contribution in [2.24, 2.45) is 5.92 Å². The summed E-state index contributed by atoms with van der Waals surface area (Å²) in [4.78, 5) is 28.3. The van der Waals surface area contributed by atoms with Crippen molar-refractivity contribution in [3.05, 3.63) is 44.8 Å². The second-order valence-electron chi connectivity index (χ2n) is 5.96. The predicted octanol–water partition coefficient (Wildman–Crippen LogP) is 3.29. The van der Waals surface area contributed by atoms with Crippen LogP contribution in [0.5, 0.6) is 0 Å². The van der Waals surface area contributed by atoms with Crippen LogP contribution in [0.3, 0.4) is 0 Å². The van der Waals surface area contributed by atoms with Gasteiger partial charge in [-0.1, -0.05) is 26.0 Å². The Morgan fingerprint density at radius 1 is 1.08 bits per heavy atom. The number of amides is 3. The Labute approximate surface area is 150 Å². The van der Waals surface area contributed by atoms with Gasteiger partial charge in [0.2, 0.25) is 5.91 Å². The van der Waals surface area contributed by atoms with Crippen molar-refractivity contribution in [2.75, 3.05) is 13.1 Å². The van der Waals surface area contributed by atoms with Gasteiger partial charge in [-0.2, -0.15) is 0 Å². The molecule has 5 nitrogen and oxygen atoms in total. The Kier molecular flexibility index (Phi) is 7.42. The fourth-order valence-corrected chi connectivity index (χ4v) is 3.62. The highest BCUT2D eigenvalue weighted by molar-refractivity contribution is 7.10. The number of nitrogens with zero attached hydrogens (tertiary/aromatic N) is 1. The van der Waals surface area contributed by atoms with E-state index in [0.717, 1.165) is 0 Å². The lowest BCUT2D eigenvalue weighted by Gasteiger charge is -2.20. The molecular formula is C17H23N3O2S2. The average Bonchev–Trinajstić information content (AvgIpc) is 3.18. The van der Waals surface area contributed by atoms with E-state index in [1.165, 1.54) is 9.75 Å². The number of hydrogen-bond donors (Lipinski definition) is 2. The number of urea groups is 1. The zero-order valence-corrected chi connectivity index (χ0v) is 15.6. The third kappa shape index (κ3) is 6.82. The van der Waals surface area contributed by atoms with Crippen LogP contribution in [0.25, 0.3) is 0 Å². The van der Waals surface area contributed by atoms with Gasteiger partial charge >= 0.3 is 6.03 Å². The highest BCUT2D eigenvalue weighted by Crippen LogP contribution is 2.16. The summed E-state index contributed by atoms with van der Waals surface area (Å²) >= 11 is 3.33. The summed E-state index contributed by atoms with van der Waals surface area (Å²) in [6.07, 6.45) is 0. The van der Waals surface area contributed by atoms with Crippen molar-refractivity contribution < 1.29 is 9.59 Å². The smallest absolute Gasteiger partial charge is 0.321 e. The van der Waals surface area contributed by atoms with Crippen molar-refractivity contribution >= 4 is 34.6 Å². The minimum Gasteiger partial charge on any atom is -0.338 e. The fraction of sp³-hybridized carbons (Fsp3) is 0.412. The molecule has 0 aliphatic rings. The molecule has 2 aromatic rings. The predicted molar refractivity (Wildman–Crippen MR) is 99.1 cm³/mol. The molecule has 0 aliphatic heterocycles. The summed E-state index contributed by atoms with van der Waals surface area (Å²) in [7, 11) is 0. The van der Waals surface area contributed by atoms with Crippen molar-refractivity contribution in [3.8, 4) is 0 Å². The third-order valence-electron chi connectivity index (χ3n) is 3.21. The highest BCUT2D eigenvalue weighted by Gasteiger charge is 2.15. The number of carbonyl (C=O) groups excluding carboxylic acids is 2. The molecule has 130 valence electrons. The van der Waals surface area contributed by atoms with E-state index in [0.29, 0.717) is 25.6 Å². The molecule has 0 spiro atoms. The van der Waals surface area contributed by atoms with Gasteiger partial charge in [0.05, 0.1) is 6.54 Å². The van der Waals surface area contributed by atoms with Crippen molar-refractivity contribution in [3.63, 3.8) is 0 Å². The molecule has 0 aliphatic carbocycles. The van der Waals surface area contributed by atoms with Gasteiger partial charge < -0.3 is 5.32 Å². The van der Waals surface area contributed by atoms with Crippen molar-refractivity contribution in [1.29, 1.82) is 0 Å². The molecular weight excluding hydrogens is 342 g/mol. The Bertz CT molecular complexity index is 588.